The van der Waals surface area contributed by atoms with Crippen molar-refractivity contribution < 1.29 is 4.79 Å². The fourth-order valence-electron chi connectivity index (χ4n) is 3.75. The molecule has 1 aliphatic heterocycles. The summed E-state index contributed by atoms with van der Waals surface area (Å²) in [4.78, 5) is 21.5. The molecule has 3 aromatic heterocycles. The molecular weight excluding hydrogens is 404 g/mol. The van der Waals surface area contributed by atoms with Gasteiger partial charge in [0.25, 0.3) is 5.91 Å². The van der Waals surface area contributed by atoms with E-state index in [9.17, 15) is 4.79 Å². The summed E-state index contributed by atoms with van der Waals surface area (Å²) in [5.41, 5.74) is 3.23. The van der Waals surface area contributed by atoms with Gasteiger partial charge in [0, 0.05) is 55.3 Å². The second-order valence-corrected chi connectivity index (χ2v) is 7.66. The quantitative estimate of drug-likeness (QED) is 0.487. The molecule has 0 aliphatic carbocycles. The molecule has 1 aliphatic rings. The molecule has 0 unspecified atom stereocenters. The average molecular weight is 426 g/mol. The summed E-state index contributed by atoms with van der Waals surface area (Å²) in [5, 5.41) is 15.1. The van der Waals surface area contributed by atoms with Gasteiger partial charge in [0.1, 0.15) is 5.52 Å². The minimum atomic E-state index is 0.00580. The Morgan fingerprint density at radius 3 is 2.62 bits per heavy atom. The topological polar surface area (TPSA) is 94.5 Å². The van der Waals surface area contributed by atoms with E-state index >= 15 is 0 Å². The van der Waals surface area contributed by atoms with Crippen LogP contribution in [-0.4, -0.2) is 61.8 Å². The van der Waals surface area contributed by atoms with Crippen molar-refractivity contribution in [1.82, 2.24) is 29.7 Å². The van der Waals surface area contributed by atoms with Gasteiger partial charge in [-0.15, -0.1) is 11.5 Å². The largest absolute Gasteiger partial charge is 0.336 e. The first-order valence-corrected chi connectivity index (χ1v) is 10.4. The number of piperazine rings is 1. The summed E-state index contributed by atoms with van der Waals surface area (Å²) in [6.45, 7) is 4.40. The number of benzene rings is 1. The number of aromatic amines is 1. The number of carbonyl (C=O) groups is 1. The molecule has 1 aromatic carbocycles. The van der Waals surface area contributed by atoms with Crippen LogP contribution in [0.3, 0.4) is 0 Å². The minimum absolute atomic E-state index is 0.00580. The third-order valence-corrected chi connectivity index (χ3v) is 5.48. The lowest BCUT2D eigenvalue weighted by Crippen LogP contribution is -2.49. The SMILES string of the molecule is C#Cc1ccc(C(=O)N2CCN(c3nc(Nc4cc(C)[nH]n4)c4cccn4n3)CC2)cc1. The predicted molar refractivity (Wildman–Crippen MR) is 122 cm³/mol. The van der Waals surface area contributed by atoms with Gasteiger partial charge < -0.3 is 15.1 Å². The van der Waals surface area contributed by atoms with Crippen molar-refractivity contribution >= 4 is 29.0 Å². The number of aryl methyl sites for hydroxylation is 1. The fourth-order valence-corrected chi connectivity index (χ4v) is 3.75. The lowest BCUT2D eigenvalue weighted by Gasteiger charge is -2.34. The van der Waals surface area contributed by atoms with E-state index in [1.165, 1.54) is 0 Å². The molecule has 5 rings (SSSR count). The summed E-state index contributed by atoms with van der Waals surface area (Å²) in [7, 11) is 0. The van der Waals surface area contributed by atoms with Gasteiger partial charge in [-0.25, -0.2) is 4.52 Å². The lowest BCUT2D eigenvalue weighted by molar-refractivity contribution is 0.0746. The van der Waals surface area contributed by atoms with Gasteiger partial charge in [-0.2, -0.15) is 10.1 Å². The van der Waals surface area contributed by atoms with E-state index in [0.717, 1.165) is 16.8 Å². The zero-order valence-electron chi connectivity index (χ0n) is 17.6. The number of hydrogen-bond donors (Lipinski definition) is 2. The third kappa shape index (κ3) is 3.74. The molecule has 0 radical (unpaired) electrons. The number of fused-ring (bicyclic) bond motifs is 1. The van der Waals surface area contributed by atoms with Crippen LogP contribution in [0.1, 0.15) is 21.6 Å². The molecule has 2 N–H and O–H groups in total. The zero-order chi connectivity index (χ0) is 22.1. The van der Waals surface area contributed by atoms with Crippen LogP contribution >= 0.6 is 0 Å². The molecule has 0 bridgehead atoms. The second-order valence-electron chi connectivity index (χ2n) is 7.66. The Labute approximate surface area is 185 Å². The van der Waals surface area contributed by atoms with Crippen molar-refractivity contribution in [3.63, 3.8) is 0 Å². The van der Waals surface area contributed by atoms with Crippen LogP contribution in [0.4, 0.5) is 17.6 Å². The van der Waals surface area contributed by atoms with Crippen LogP contribution in [0.5, 0.6) is 0 Å². The van der Waals surface area contributed by atoms with Crippen LogP contribution < -0.4 is 10.2 Å². The number of nitrogens with one attached hydrogen (secondary N) is 2. The Kier molecular flexibility index (Phi) is 4.95. The molecular formula is C23H22N8O. The number of anilines is 3. The number of aromatic nitrogens is 5. The number of nitrogens with zero attached hydrogens (tertiary/aromatic N) is 6. The van der Waals surface area contributed by atoms with E-state index in [1.807, 2.05) is 36.2 Å². The summed E-state index contributed by atoms with van der Waals surface area (Å²) in [6.07, 6.45) is 7.29. The summed E-state index contributed by atoms with van der Waals surface area (Å²) >= 11 is 0. The molecule has 4 heterocycles. The van der Waals surface area contributed by atoms with E-state index in [2.05, 4.69) is 31.4 Å². The number of hydrogen-bond acceptors (Lipinski definition) is 6. The van der Waals surface area contributed by atoms with Crippen molar-refractivity contribution in [2.45, 2.75) is 6.92 Å². The van der Waals surface area contributed by atoms with E-state index in [4.69, 9.17) is 11.4 Å². The third-order valence-electron chi connectivity index (χ3n) is 5.48. The highest BCUT2D eigenvalue weighted by molar-refractivity contribution is 5.94. The summed E-state index contributed by atoms with van der Waals surface area (Å²) in [5.74, 6) is 4.56. The van der Waals surface area contributed by atoms with Gasteiger partial charge >= 0.3 is 0 Å². The molecule has 0 atom stereocenters. The molecule has 1 amide bonds. The van der Waals surface area contributed by atoms with Crippen LogP contribution in [0.25, 0.3) is 5.52 Å². The maximum Gasteiger partial charge on any atom is 0.253 e. The summed E-state index contributed by atoms with van der Waals surface area (Å²) in [6, 6.07) is 12.9. The van der Waals surface area contributed by atoms with Gasteiger partial charge in [-0.3, -0.25) is 9.89 Å². The number of carbonyl (C=O) groups excluding carboxylic acids is 1. The highest BCUT2D eigenvalue weighted by Gasteiger charge is 2.24. The van der Waals surface area contributed by atoms with Gasteiger partial charge in [0.05, 0.1) is 0 Å². The maximum absolute atomic E-state index is 12.8. The van der Waals surface area contributed by atoms with Crippen molar-refractivity contribution in [1.29, 1.82) is 0 Å². The highest BCUT2D eigenvalue weighted by Crippen LogP contribution is 2.23. The van der Waals surface area contributed by atoms with Crippen molar-refractivity contribution in [3.05, 3.63) is 65.5 Å². The molecule has 160 valence electrons. The highest BCUT2D eigenvalue weighted by atomic mass is 16.2. The number of amides is 1. The molecule has 0 spiro atoms. The monoisotopic (exact) mass is 426 g/mol. The molecule has 0 saturated carbocycles. The molecule has 32 heavy (non-hydrogen) atoms. The van der Waals surface area contributed by atoms with Gasteiger partial charge in [-0.1, -0.05) is 5.92 Å². The van der Waals surface area contributed by atoms with Gasteiger partial charge in [0.2, 0.25) is 5.95 Å². The van der Waals surface area contributed by atoms with Crippen LogP contribution in [0.15, 0.2) is 48.7 Å². The van der Waals surface area contributed by atoms with Gasteiger partial charge in [0.15, 0.2) is 11.6 Å². The molecule has 9 nitrogen and oxygen atoms in total. The molecule has 1 saturated heterocycles. The van der Waals surface area contributed by atoms with Crippen LogP contribution in [0.2, 0.25) is 0 Å². The van der Waals surface area contributed by atoms with Crippen molar-refractivity contribution in [2.24, 2.45) is 0 Å². The average Bonchev–Trinajstić information content (AvgIpc) is 3.47. The van der Waals surface area contributed by atoms with E-state index < -0.39 is 0 Å². The Bertz CT molecular complexity index is 1310. The fraction of sp³-hybridized carbons (Fsp3) is 0.217. The standard InChI is InChI=1S/C23H22N8O/c1-3-17-6-8-18(9-7-17)22(32)29-11-13-30(14-12-29)23-25-21(19-5-4-10-31(19)28-23)24-20-15-16(2)26-27-20/h1,4-10,15H,11-14H2,2H3,(H2,24,25,26,27,28). The Morgan fingerprint density at radius 1 is 1.16 bits per heavy atom. The first kappa shape index (κ1) is 19.6. The summed E-state index contributed by atoms with van der Waals surface area (Å²) < 4.78 is 1.80. The van der Waals surface area contributed by atoms with Crippen LogP contribution in [0, 0.1) is 19.3 Å². The second kappa shape index (κ2) is 8.07. The van der Waals surface area contributed by atoms with Crippen molar-refractivity contribution in [2.75, 3.05) is 36.4 Å². The van der Waals surface area contributed by atoms with E-state index in [0.29, 0.717) is 49.3 Å². The normalized spacial score (nSPS) is 13.9. The predicted octanol–water partition coefficient (Wildman–Crippen LogP) is 2.45. The number of H-pyrrole nitrogens is 1. The number of terminal acetylenes is 1. The van der Waals surface area contributed by atoms with E-state index in [-0.39, 0.29) is 5.91 Å². The lowest BCUT2D eigenvalue weighted by atomic mass is 10.1. The molecule has 1 fully saturated rings. The minimum Gasteiger partial charge on any atom is -0.336 e. The number of rotatable bonds is 4. The Balaban J connectivity index is 1.32. The Morgan fingerprint density at radius 2 is 1.94 bits per heavy atom. The zero-order valence-corrected chi connectivity index (χ0v) is 17.6. The first-order chi connectivity index (χ1) is 15.6. The molecule has 4 aromatic rings. The Hall–Kier alpha value is -4.32. The van der Waals surface area contributed by atoms with E-state index in [1.54, 1.807) is 28.8 Å². The van der Waals surface area contributed by atoms with Gasteiger partial charge in [-0.05, 0) is 43.3 Å². The van der Waals surface area contributed by atoms with Crippen molar-refractivity contribution in [3.8, 4) is 12.3 Å². The first-order valence-electron chi connectivity index (χ1n) is 10.4. The molecule has 9 heteroatoms. The maximum atomic E-state index is 12.8. The van der Waals surface area contributed by atoms with Crippen LogP contribution in [-0.2, 0) is 0 Å². The smallest absolute Gasteiger partial charge is 0.253 e.